The average molecular weight is 313 g/mol. The van der Waals surface area contributed by atoms with Gasteiger partial charge in [-0.25, -0.2) is 0 Å². The molecule has 0 saturated carbocycles. The molecule has 0 atom stereocenters. The predicted molar refractivity (Wildman–Crippen MR) is 90.4 cm³/mol. The molecule has 0 aliphatic rings. The molecule has 0 amide bonds. The van der Waals surface area contributed by atoms with E-state index in [1.165, 1.54) is 0 Å². The fourth-order valence-electron chi connectivity index (χ4n) is 1.88. The monoisotopic (exact) mass is 313 g/mol. The Morgan fingerprint density at radius 3 is 2.39 bits per heavy atom. The Morgan fingerprint density at radius 1 is 1.04 bits per heavy atom. The van der Waals surface area contributed by atoms with E-state index in [-0.39, 0.29) is 17.8 Å². The summed E-state index contributed by atoms with van der Waals surface area (Å²) in [6.07, 6.45) is 3.58. The first-order valence-electron chi connectivity index (χ1n) is 7.71. The lowest BCUT2D eigenvalue weighted by atomic mass is 9.91. The van der Waals surface area contributed by atoms with Crippen LogP contribution in [0.5, 0.6) is 5.75 Å². The number of pyridine rings is 1. The van der Waals surface area contributed by atoms with Gasteiger partial charge in [-0.3, -0.25) is 9.78 Å². The third-order valence-corrected chi connectivity index (χ3v) is 3.42. The molecule has 2 rings (SSSR count). The van der Waals surface area contributed by atoms with Gasteiger partial charge in [0.05, 0.1) is 6.61 Å². The quantitative estimate of drug-likeness (QED) is 0.730. The summed E-state index contributed by atoms with van der Waals surface area (Å²) in [7, 11) is 0. The van der Waals surface area contributed by atoms with Gasteiger partial charge in [0, 0.05) is 17.8 Å². The summed E-state index contributed by atoms with van der Waals surface area (Å²) in [5.74, 6) is 0.877. The standard InChI is InChI=1S/C19H23NO3/c1-19(2,3)18(21)14-22-11-12-23-17-8-6-15(7-9-17)16-5-4-10-20-13-16/h4-10,13H,11-12,14H2,1-3H3. The van der Waals surface area contributed by atoms with Crippen LogP contribution in [0.2, 0.25) is 0 Å². The lowest BCUT2D eigenvalue weighted by Crippen LogP contribution is -2.25. The molecule has 2 aromatic rings. The molecule has 0 bridgehead atoms. The summed E-state index contributed by atoms with van der Waals surface area (Å²) in [6.45, 7) is 6.61. The Morgan fingerprint density at radius 2 is 1.78 bits per heavy atom. The van der Waals surface area contributed by atoms with E-state index in [1.54, 1.807) is 6.20 Å². The maximum absolute atomic E-state index is 11.7. The summed E-state index contributed by atoms with van der Waals surface area (Å²) in [5, 5.41) is 0. The fraction of sp³-hybridized carbons (Fsp3) is 0.368. The number of hydrogen-bond donors (Lipinski definition) is 0. The van der Waals surface area contributed by atoms with Gasteiger partial charge >= 0.3 is 0 Å². The minimum Gasteiger partial charge on any atom is -0.491 e. The van der Waals surface area contributed by atoms with Crippen LogP contribution in [0.15, 0.2) is 48.8 Å². The third kappa shape index (κ3) is 5.49. The first-order valence-corrected chi connectivity index (χ1v) is 7.71. The smallest absolute Gasteiger partial charge is 0.163 e. The van der Waals surface area contributed by atoms with E-state index in [0.29, 0.717) is 13.2 Å². The highest BCUT2D eigenvalue weighted by atomic mass is 16.5. The molecular weight excluding hydrogens is 290 g/mol. The second kappa shape index (κ2) is 7.88. The van der Waals surface area contributed by atoms with Crippen molar-refractivity contribution in [3.8, 4) is 16.9 Å². The fourth-order valence-corrected chi connectivity index (χ4v) is 1.88. The van der Waals surface area contributed by atoms with Crippen LogP contribution in [0.4, 0.5) is 0 Å². The number of carbonyl (C=O) groups excluding carboxylic acids is 1. The summed E-state index contributed by atoms with van der Waals surface area (Å²) in [5.41, 5.74) is 1.81. The van der Waals surface area contributed by atoms with Crippen LogP contribution in [0.3, 0.4) is 0 Å². The highest BCUT2D eigenvalue weighted by molar-refractivity contribution is 5.84. The number of Topliss-reactive ketones (excluding diaryl/α,β-unsaturated/α-hetero) is 1. The van der Waals surface area contributed by atoms with E-state index in [0.717, 1.165) is 16.9 Å². The van der Waals surface area contributed by atoms with Crippen LogP contribution >= 0.6 is 0 Å². The van der Waals surface area contributed by atoms with Gasteiger partial charge in [-0.05, 0) is 29.3 Å². The van der Waals surface area contributed by atoms with Crippen LogP contribution in [-0.4, -0.2) is 30.6 Å². The molecule has 0 saturated heterocycles. The summed E-state index contributed by atoms with van der Waals surface area (Å²) < 4.78 is 11.0. The van der Waals surface area contributed by atoms with Crippen LogP contribution in [0.25, 0.3) is 11.1 Å². The number of hydrogen-bond acceptors (Lipinski definition) is 4. The van der Waals surface area contributed by atoms with Crippen molar-refractivity contribution in [2.45, 2.75) is 20.8 Å². The Bertz CT molecular complexity index is 615. The van der Waals surface area contributed by atoms with Gasteiger partial charge in [0.1, 0.15) is 19.0 Å². The highest BCUT2D eigenvalue weighted by Gasteiger charge is 2.20. The molecule has 4 heteroatoms. The molecular formula is C19H23NO3. The van der Waals surface area contributed by atoms with Crippen LogP contribution in [-0.2, 0) is 9.53 Å². The van der Waals surface area contributed by atoms with Crippen molar-refractivity contribution in [2.75, 3.05) is 19.8 Å². The first-order chi connectivity index (χ1) is 11.0. The van der Waals surface area contributed by atoms with E-state index in [9.17, 15) is 4.79 Å². The largest absolute Gasteiger partial charge is 0.491 e. The van der Waals surface area contributed by atoms with E-state index in [1.807, 2.05) is 63.4 Å². The van der Waals surface area contributed by atoms with E-state index in [4.69, 9.17) is 9.47 Å². The normalized spacial score (nSPS) is 11.3. The van der Waals surface area contributed by atoms with Gasteiger partial charge in [-0.2, -0.15) is 0 Å². The Kier molecular flexibility index (Phi) is 5.88. The second-order valence-electron chi connectivity index (χ2n) is 6.34. The van der Waals surface area contributed by atoms with Gasteiger partial charge in [-0.15, -0.1) is 0 Å². The van der Waals surface area contributed by atoms with Crippen LogP contribution in [0.1, 0.15) is 20.8 Å². The van der Waals surface area contributed by atoms with Crippen molar-refractivity contribution >= 4 is 5.78 Å². The molecule has 0 radical (unpaired) electrons. The van der Waals surface area contributed by atoms with Crippen molar-refractivity contribution in [2.24, 2.45) is 5.41 Å². The number of carbonyl (C=O) groups is 1. The lowest BCUT2D eigenvalue weighted by Gasteiger charge is -2.16. The maximum atomic E-state index is 11.7. The van der Waals surface area contributed by atoms with Crippen LogP contribution < -0.4 is 4.74 Å². The van der Waals surface area contributed by atoms with E-state index >= 15 is 0 Å². The highest BCUT2D eigenvalue weighted by Crippen LogP contribution is 2.21. The molecule has 0 fully saturated rings. The Balaban J connectivity index is 1.74. The van der Waals surface area contributed by atoms with E-state index in [2.05, 4.69) is 4.98 Å². The van der Waals surface area contributed by atoms with Crippen LogP contribution in [0, 0.1) is 5.41 Å². The molecule has 23 heavy (non-hydrogen) atoms. The molecule has 0 N–H and O–H groups in total. The number of rotatable bonds is 7. The minimum atomic E-state index is -0.358. The minimum absolute atomic E-state index is 0.0957. The number of aromatic nitrogens is 1. The molecule has 0 aliphatic carbocycles. The van der Waals surface area contributed by atoms with E-state index < -0.39 is 0 Å². The van der Waals surface area contributed by atoms with Crippen molar-refractivity contribution in [3.63, 3.8) is 0 Å². The first kappa shape index (κ1) is 17.2. The Hall–Kier alpha value is -2.20. The zero-order chi connectivity index (χ0) is 16.7. The molecule has 1 aromatic heterocycles. The van der Waals surface area contributed by atoms with Gasteiger partial charge < -0.3 is 9.47 Å². The van der Waals surface area contributed by atoms with Crippen molar-refractivity contribution in [3.05, 3.63) is 48.8 Å². The zero-order valence-electron chi connectivity index (χ0n) is 13.9. The summed E-state index contributed by atoms with van der Waals surface area (Å²) in [6, 6.07) is 11.8. The number of ether oxygens (including phenoxy) is 2. The maximum Gasteiger partial charge on any atom is 0.163 e. The molecule has 0 unspecified atom stereocenters. The van der Waals surface area contributed by atoms with Crippen molar-refractivity contribution in [1.29, 1.82) is 0 Å². The summed E-state index contributed by atoms with van der Waals surface area (Å²) >= 11 is 0. The second-order valence-corrected chi connectivity index (χ2v) is 6.34. The van der Waals surface area contributed by atoms with Gasteiger partial charge in [0.15, 0.2) is 5.78 Å². The Labute approximate surface area is 137 Å². The van der Waals surface area contributed by atoms with Gasteiger partial charge in [0.2, 0.25) is 0 Å². The SMILES string of the molecule is CC(C)(C)C(=O)COCCOc1ccc(-c2cccnc2)cc1. The van der Waals surface area contributed by atoms with Gasteiger partial charge in [-0.1, -0.05) is 39.0 Å². The average Bonchev–Trinajstić information content (AvgIpc) is 2.55. The molecule has 1 heterocycles. The molecule has 122 valence electrons. The number of nitrogens with zero attached hydrogens (tertiary/aromatic N) is 1. The van der Waals surface area contributed by atoms with Gasteiger partial charge in [0.25, 0.3) is 0 Å². The zero-order valence-corrected chi connectivity index (χ0v) is 13.9. The molecule has 0 aliphatic heterocycles. The molecule has 0 spiro atoms. The van der Waals surface area contributed by atoms with Crippen molar-refractivity contribution < 1.29 is 14.3 Å². The predicted octanol–water partition coefficient (Wildman–Crippen LogP) is 3.76. The molecule has 4 nitrogen and oxygen atoms in total. The number of ketones is 1. The van der Waals surface area contributed by atoms with Crippen molar-refractivity contribution in [1.82, 2.24) is 4.98 Å². The third-order valence-electron chi connectivity index (χ3n) is 3.42. The summed E-state index contributed by atoms with van der Waals surface area (Å²) in [4.78, 5) is 15.8. The molecule has 1 aromatic carbocycles. The topological polar surface area (TPSA) is 48.4 Å². The lowest BCUT2D eigenvalue weighted by molar-refractivity contribution is -0.131. The number of benzene rings is 1.